The number of carboxylic acid groups (broad SMARTS) is 1. The lowest BCUT2D eigenvalue weighted by molar-refractivity contribution is -0.133. The Morgan fingerprint density at radius 3 is 2.47 bits per heavy atom. The van der Waals surface area contributed by atoms with Crippen molar-refractivity contribution in [1.82, 2.24) is 0 Å². The molecule has 0 aliphatic heterocycles. The fourth-order valence-corrected chi connectivity index (χ4v) is 0.782. The number of methoxy groups -OCH3 is 1. The predicted molar refractivity (Wildman–Crippen MR) is 54.9 cm³/mol. The van der Waals surface area contributed by atoms with Crippen molar-refractivity contribution in [3.63, 3.8) is 0 Å². The van der Waals surface area contributed by atoms with Crippen molar-refractivity contribution in [2.24, 2.45) is 0 Å². The third-order valence-corrected chi connectivity index (χ3v) is 1.59. The van der Waals surface area contributed by atoms with Crippen molar-refractivity contribution in [2.45, 2.75) is 6.42 Å². The van der Waals surface area contributed by atoms with Crippen LogP contribution in [0.4, 0.5) is 0 Å². The number of hydrogen-bond donors (Lipinski definition) is 1. The van der Waals surface area contributed by atoms with Crippen LogP contribution in [-0.2, 0) is 19.0 Å². The van der Waals surface area contributed by atoms with E-state index in [1.54, 1.807) is 7.11 Å². The molecule has 0 radical (unpaired) electrons. The van der Waals surface area contributed by atoms with Gasteiger partial charge in [0.15, 0.2) is 0 Å². The maximum absolute atomic E-state index is 10.3. The monoisotopic (exact) mass is 218 g/mol. The van der Waals surface area contributed by atoms with Crippen LogP contribution in [0.15, 0.2) is 12.2 Å². The maximum Gasteiger partial charge on any atom is 0.333 e. The molecule has 88 valence electrons. The lowest BCUT2D eigenvalue weighted by Crippen LogP contribution is -2.11. The molecule has 0 unspecified atom stereocenters. The second kappa shape index (κ2) is 9.64. The molecule has 1 N–H and O–H groups in total. The van der Waals surface area contributed by atoms with Crippen LogP contribution in [0.5, 0.6) is 0 Å². The zero-order valence-electron chi connectivity index (χ0n) is 9.03. The molecule has 15 heavy (non-hydrogen) atoms. The van der Waals surface area contributed by atoms with Gasteiger partial charge in [0.25, 0.3) is 0 Å². The summed E-state index contributed by atoms with van der Waals surface area (Å²) in [5, 5.41) is 8.46. The SMILES string of the molecule is C=C(COCCOCCCOC)C(=O)O. The predicted octanol–water partition coefficient (Wildman–Crippen LogP) is 0.697. The van der Waals surface area contributed by atoms with E-state index in [0.29, 0.717) is 26.4 Å². The minimum Gasteiger partial charge on any atom is -0.478 e. The Labute approximate surface area is 89.6 Å². The molecule has 0 heterocycles. The zero-order chi connectivity index (χ0) is 11.5. The third-order valence-electron chi connectivity index (χ3n) is 1.59. The molecule has 0 fully saturated rings. The summed E-state index contributed by atoms with van der Waals surface area (Å²) in [5.41, 5.74) is 0.0504. The first kappa shape index (κ1) is 14.1. The lowest BCUT2D eigenvalue weighted by atomic mass is 10.3. The first-order chi connectivity index (χ1) is 7.18. The summed E-state index contributed by atoms with van der Waals surface area (Å²) in [6.45, 7) is 5.50. The Bertz CT molecular complexity index is 190. The summed E-state index contributed by atoms with van der Waals surface area (Å²) >= 11 is 0. The van der Waals surface area contributed by atoms with Gasteiger partial charge in [-0.25, -0.2) is 4.79 Å². The van der Waals surface area contributed by atoms with Gasteiger partial charge in [-0.1, -0.05) is 6.58 Å². The molecule has 0 amide bonds. The number of carboxylic acids is 1. The summed E-state index contributed by atoms with van der Waals surface area (Å²) < 4.78 is 15.1. The number of hydrogen-bond acceptors (Lipinski definition) is 4. The number of carbonyl (C=O) groups is 1. The van der Waals surface area contributed by atoms with E-state index in [1.165, 1.54) is 0 Å². The molecule has 0 rings (SSSR count). The van der Waals surface area contributed by atoms with Gasteiger partial charge in [0.05, 0.1) is 25.4 Å². The molecule has 0 aromatic rings. The van der Waals surface area contributed by atoms with Gasteiger partial charge in [-0.15, -0.1) is 0 Å². The van der Waals surface area contributed by atoms with E-state index in [0.717, 1.165) is 6.42 Å². The summed E-state index contributed by atoms with van der Waals surface area (Å²) in [4.78, 5) is 10.3. The molecule has 0 aromatic carbocycles. The van der Waals surface area contributed by atoms with Gasteiger partial charge in [-0.3, -0.25) is 0 Å². The molecule has 0 bridgehead atoms. The fourth-order valence-electron chi connectivity index (χ4n) is 0.782. The van der Waals surface area contributed by atoms with Gasteiger partial charge >= 0.3 is 5.97 Å². The van der Waals surface area contributed by atoms with E-state index in [-0.39, 0.29) is 12.2 Å². The van der Waals surface area contributed by atoms with Crippen molar-refractivity contribution in [2.75, 3.05) is 40.1 Å². The topological polar surface area (TPSA) is 65.0 Å². The first-order valence-electron chi connectivity index (χ1n) is 4.74. The Morgan fingerprint density at radius 1 is 1.20 bits per heavy atom. The third kappa shape index (κ3) is 9.40. The number of aliphatic carboxylic acids is 1. The molecule has 0 atom stereocenters. The normalized spacial score (nSPS) is 10.2. The summed E-state index contributed by atoms with van der Waals surface area (Å²) in [5.74, 6) is -1.03. The molecule has 5 nitrogen and oxygen atoms in total. The van der Waals surface area contributed by atoms with Gasteiger partial charge < -0.3 is 19.3 Å². The maximum atomic E-state index is 10.3. The molecule has 0 saturated heterocycles. The van der Waals surface area contributed by atoms with Gasteiger partial charge in [-0.05, 0) is 6.42 Å². The molecule has 0 saturated carbocycles. The highest BCUT2D eigenvalue weighted by atomic mass is 16.5. The Kier molecular flexibility index (Phi) is 9.05. The summed E-state index contributed by atoms with van der Waals surface area (Å²) in [6.07, 6.45) is 0.846. The van der Waals surface area contributed by atoms with Gasteiger partial charge in [0, 0.05) is 20.3 Å². The van der Waals surface area contributed by atoms with Crippen LogP contribution < -0.4 is 0 Å². The van der Waals surface area contributed by atoms with Crippen molar-refractivity contribution in [3.05, 3.63) is 12.2 Å². The highest BCUT2D eigenvalue weighted by molar-refractivity contribution is 5.85. The van der Waals surface area contributed by atoms with Crippen LogP contribution in [-0.4, -0.2) is 51.2 Å². The van der Waals surface area contributed by atoms with Crippen LogP contribution in [0.25, 0.3) is 0 Å². The second-order valence-corrected chi connectivity index (χ2v) is 2.92. The van der Waals surface area contributed by atoms with Crippen molar-refractivity contribution < 1.29 is 24.1 Å². The molecule has 0 aromatic heterocycles. The van der Waals surface area contributed by atoms with E-state index in [2.05, 4.69) is 6.58 Å². The minimum absolute atomic E-state index is 0.0385. The van der Waals surface area contributed by atoms with Crippen LogP contribution in [0.2, 0.25) is 0 Å². The van der Waals surface area contributed by atoms with Crippen LogP contribution in [0.1, 0.15) is 6.42 Å². The van der Waals surface area contributed by atoms with E-state index in [4.69, 9.17) is 19.3 Å². The van der Waals surface area contributed by atoms with Gasteiger partial charge in [0.2, 0.25) is 0 Å². The van der Waals surface area contributed by atoms with Gasteiger partial charge in [0.1, 0.15) is 0 Å². The van der Waals surface area contributed by atoms with Crippen LogP contribution in [0.3, 0.4) is 0 Å². The average Bonchev–Trinajstić information content (AvgIpc) is 2.21. The Hall–Kier alpha value is -0.910. The average molecular weight is 218 g/mol. The largest absolute Gasteiger partial charge is 0.478 e. The highest BCUT2D eigenvalue weighted by Gasteiger charge is 2.02. The lowest BCUT2D eigenvalue weighted by Gasteiger charge is -2.05. The Balaban J connectivity index is 3.11. The van der Waals surface area contributed by atoms with E-state index < -0.39 is 5.97 Å². The molecular formula is C10H18O5. The van der Waals surface area contributed by atoms with Gasteiger partial charge in [-0.2, -0.15) is 0 Å². The molecular weight excluding hydrogens is 200 g/mol. The molecule has 0 aliphatic carbocycles. The number of rotatable bonds is 10. The number of ether oxygens (including phenoxy) is 3. The van der Waals surface area contributed by atoms with Crippen molar-refractivity contribution in [3.8, 4) is 0 Å². The summed E-state index contributed by atoms with van der Waals surface area (Å²) in [7, 11) is 1.64. The quantitative estimate of drug-likeness (QED) is 0.432. The smallest absolute Gasteiger partial charge is 0.333 e. The Morgan fingerprint density at radius 2 is 1.87 bits per heavy atom. The summed E-state index contributed by atoms with van der Waals surface area (Å²) in [6, 6.07) is 0. The van der Waals surface area contributed by atoms with E-state index >= 15 is 0 Å². The zero-order valence-corrected chi connectivity index (χ0v) is 9.03. The first-order valence-corrected chi connectivity index (χ1v) is 4.74. The van der Waals surface area contributed by atoms with Crippen molar-refractivity contribution in [1.29, 1.82) is 0 Å². The van der Waals surface area contributed by atoms with E-state index in [1.807, 2.05) is 0 Å². The minimum atomic E-state index is -1.03. The van der Waals surface area contributed by atoms with E-state index in [9.17, 15) is 4.79 Å². The molecule has 0 aliphatic rings. The second-order valence-electron chi connectivity index (χ2n) is 2.92. The van der Waals surface area contributed by atoms with Crippen LogP contribution in [0, 0.1) is 0 Å². The standard InChI is InChI=1S/C10H18O5/c1-9(10(11)12)8-15-7-6-14-5-3-4-13-2/h1,3-8H2,2H3,(H,11,12). The van der Waals surface area contributed by atoms with Crippen molar-refractivity contribution >= 4 is 5.97 Å². The highest BCUT2D eigenvalue weighted by Crippen LogP contribution is 1.91. The van der Waals surface area contributed by atoms with Crippen LogP contribution >= 0.6 is 0 Å². The fraction of sp³-hybridized carbons (Fsp3) is 0.700. The molecule has 0 spiro atoms. The molecule has 5 heteroatoms.